The number of carbonyl (C=O) groups is 4. The van der Waals surface area contributed by atoms with Crippen molar-refractivity contribution in [2.45, 2.75) is 6.92 Å². The molecule has 0 saturated carbocycles. The summed E-state index contributed by atoms with van der Waals surface area (Å²) >= 11 is 0. The van der Waals surface area contributed by atoms with Crippen molar-refractivity contribution >= 4 is 35.2 Å². The second-order valence-corrected chi connectivity index (χ2v) is 8.38. The van der Waals surface area contributed by atoms with Gasteiger partial charge in [0.05, 0.1) is 17.9 Å². The monoisotopic (exact) mass is 500 g/mol. The van der Waals surface area contributed by atoms with Gasteiger partial charge < -0.3 is 25.2 Å². The Kier molecular flexibility index (Phi) is 8.15. The minimum atomic E-state index is -0.414. The Morgan fingerprint density at radius 2 is 1.35 bits per heavy atom. The normalized spacial score (nSPS) is 13.0. The molecule has 190 valence electrons. The van der Waals surface area contributed by atoms with Crippen LogP contribution in [0.3, 0.4) is 0 Å². The zero-order valence-electron chi connectivity index (χ0n) is 20.5. The lowest BCUT2D eigenvalue weighted by atomic mass is 10.1. The van der Waals surface area contributed by atoms with Gasteiger partial charge in [-0.2, -0.15) is 0 Å². The summed E-state index contributed by atoms with van der Waals surface area (Å²) in [6.07, 6.45) is -0.385. The van der Waals surface area contributed by atoms with Gasteiger partial charge in [0.1, 0.15) is 0 Å². The number of para-hydroxylation sites is 1. The molecule has 0 unspecified atom stereocenters. The van der Waals surface area contributed by atoms with Crippen LogP contribution in [0.25, 0.3) is 0 Å². The van der Waals surface area contributed by atoms with Crippen molar-refractivity contribution in [2.24, 2.45) is 0 Å². The van der Waals surface area contributed by atoms with E-state index < -0.39 is 5.91 Å². The van der Waals surface area contributed by atoms with Gasteiger partial charge >= 0.3 is 6.09 Å². The minimum absolute atomic E-state index is 0.233. The quantitative estimate of drug-likeness (QED) is 0.530. The highest BCUT2D eigenvalue weighted by atomic mass is 16.6. The van der Waals surface area contributed by atoms with E-state index in [-0.39, 0.29) is 17.9 Å². The number of benzene rings is 3. The number of nitrogens with one attached hydrogen (secondary N) is 2. The SMILES string of the molecule is CCOC(=O)N1CCN(C(=O)c2ccccc2NC(=O)c2cccc(NC(=O)c3ccccc3)c2)CC1. The van der Waals surface area contributed by atoms with Gasteiger partial charge in [0.25, 0.3) is 17.7 Å². The molecule has 1 fully saturated rings. The van der Waals surface area contributed by atoms with Crippen LogP contribution in [0.5, 0.6) is 0 Å². The first-order valence-corrected chi connectivity index (χ1v) is 12.0. The Morgan fingerprint density at radius 1 is 0.730 bits per heavy atom. The smallest absolute Gasteiger partial charge is 0.409 e. The molecule has 0 atom stereocenters. The third-order valence-electron chi connectivity index (χ3n) is 5.92. The van der Waals surface area contributed by atoms with E-state index in [4.69, 9.17) is 4.74 Å². The molecule has 3 aromatic carbocycles. The second-order valence-electron chi connectivity index (χ2n) is 8.38. The summed E-state index contributed by atoms with van der Waals surface area (Å²) in [5, 5.41) is 5.61. The van der Waals surface area contributed by atoms with Crippen molar-refractivity contribution in [1.82, 2.24) is 9.80 Å². The first-order chi connectivity index (χ1) is 18.0. The van der Waals surface area contributed by atoms with Crippen molar-refractivity contribution in [1.29, 1.82) is 0 Å². The summed E-state index contributed by atoms with van der Waals surface area (Å²) in [6.45, 7) is 3.53. The van der Waals surface area contributed by atoms with E-state index in [1.807, 2.05) is 6.07 Å². The van der Waals surface area contributed by atoms with Gasteiger partial charge in [0.2, 0.25) is 0 Å². The van der Waals surface area contributed by atoms with E-state index in [1.54, 1.807) is 89.5 Å². The van der Waals surface area contributed by atoms with Gasteiger partial charge in [-0.25, -0.2) is 4.79 Å². The number of rotatable bonds is 6. The van der Waals surface area contributed by atoms with Gasteiger partial charge in [0.15, 0.2) is 0 Å². The molecule has 0 radical (unpaired) electrons. The van der Waals surface area contributed by atoms with E-state index in [1.165, 1.54) is 0 Å². The number of hydrogen-bond donors (Lipinski definition) is 2. The van der Waals surface area contributed by atoms with Gasteiger partial charge in [0, 0.05) is 43.0 Å². The molecule has 37 heavy (non-hydrogen) atoms. The predicted octanol–water partition coefficient (Wildman–Crippen LogP) is 4.11. The highest BCUT2D eigenvalue weighted by molar-refractivity contribution is 6.10. The highest BCUT2D eigenvalue weighted by Gasteiger charge is 2.27. The molecule has 2 N–H and O–H groups in total. The molecule has 1 aliphatic heterocycles. The van der Waals surface area contributed by atoms with Gasteiger partial charge in [-0.3, -0.25) is 14.4 Å². The molecule has 0 bridgehead atoms. The predicted molar refractivity (Wildman–Crippen MR) is 140 cm³/mol. The van der Waals surface area contributed by atoms with E-state index in [9.17, 15) is 19.2 Å². The van der Waals surface area contributed by atoms with E-state index >= 15 is 0 Å². The van der Waals surface area contributed by atoms with E-state index in [0.717, 1.165) is 0 Å². The lowest BCUT2D eigenvalue weighted by Gasteiger charge is -2.34. The zero-order chi connectivity index (χ0) is 26.2. The largest absolute Gasteiger partial charge is 0.450 e. The van der Waals surface area contributed by atoms with Crippen LogP contribution >= 0.6 is 0 Å². The molecule has 4 rings (SSSR count). The van der Waals surface area contributed by atoms with Crippen molar-refractivity contribution in [3.63, 3.8) is 0 Å². The molecule has 1 saturated heterocycles. The maximum absolute atomic E-state index is 13.2. The number of amides is 4. The van der Waals surface area contributed by atoms with E-state index in [2.05, 4.69) is 10.6 Å². The number of carbonyl (C=O) groups excluding carboxylic acids is 4. The Morgan fingerprint density at radius 3 is 2.08 bits per heavy atom. The maximum Gasteiger partial charge on any atom is 0.409 e. The summed E-state index contributed by atoms with van der Waals surface area (Å²) < 4.78 is 5.03. The van der Waals surface area contributed by atoms with Crippen molar-refractivity contribution in [3.05, 3.63) is 95.6 Å². The number of anilines is 2. The lowest BCUT2D eigenvalue weighted by molar-refractivity contribution is 0.0571. The second kappa shape index (κ2) is 11.9. The summed E-state index contributed by atoms with van der Waals surface area (Å²) in [5.74, 6) is -0.927. The molecule has 1 aliphatic rings. The Labute approximate surface area is 215 Å². The van der Waals surface area contributed by atoms with Crippen LogP contribution in [0.15, 0.2) is 78.9 Å². The van der Waals surface area contributed by atoms with Crippen LogP contribution in [-0.4, -0.2) is 66.4 Å². The van der Waals surface area contributed by atoms with Crippen LogP contribution in [-0.2, 0) is 4.74 Å². The van der Waals surface area contributed by atoms with Crippen LogP contribution in [0.4, 0.5) is 16.2 Å². The molecule has 0 spiro atoms. The average molecular weight is 501 g/mol. The Balaban J connectivity index is 1.42. The Hall–Kier alpha value is -4.66. The molecule has 1 heterocycles. The molecular weight excluding hydrogens is 472 g/mol. The molecule has 0 aromatic heterocycles. The summed E-state index contributed by atoms with van der Waals surface area (Å²) in [5.41, 5.74) is 2.05. The fourth-order valence-electron chi connectivity index (χ4n) is 3.98. The minimum Gasteiger partial charge on any atom is -0.450 e. The van der Waals surface area contributed by atoms with Crippen molar-refractivity contribution in [3.8, 4) is 0 Å². The highest BCUT2D eigenvalue weighted by Crippen LogP contribution is 2.21. The molecule has 4 amide bonds. The third kappa shape index (κ3) is 6.32. The van der Waals surface area contributed by atoms with Crippen LogP contribution in [0.2, 0.25) is 0 Å². The fraction of sp³-hybridized carbons (Fsp3) is 0.214. The standard InChI is InChI=1S/C28H28N4O5/c1-2-37-28(36)32-17-15-31(16-18-32)27(35)23-13-6-7-14-24(23)30-26(34)21-11-8-12-22(19-21)29-25(33)20-9-4-3-5-10-20/h3-14,19H,2,15-18H2,1H3,(H,29,33)(H,30,34). The fourth-order valence-corrected chi connectivity index (χ4v) is 3.98. The summed E-state index contributed by atoms with van der Waals surface area (Å²) in [4.78, 5) is 53.9. The van der Waals surface area contributed by atoms with Gasteiger partial charge in [-0.05, 0) is 49.4 Å². The third-order valence-corrected chi connectivity index (χ3v) is 5.92. The molecular formula is C28H28N4O5. The summed E-state index contributed by atoms with van der Waals surface area (Å²) in [6, 6.07) is 22.2. The number of nitrogens with zero attached hydrogens (tertiary/aromatic N) is 2. The first-order valence-electron chi connectivity index (χ1n) is 12.0. The number of hydrogen-bond acceptors (Lipinski definition) is 5. The number of ether oxygens (including phenoxy) is 1. The van der Waals surface area contributed by atoms with Gasteiger partial charge in [-0.1, -0.05) is 36.4 Å². The van der Waals surface area contributed by atoms with Crippen LogP contribution < -0.4 is 10.6 Å². The lowest BCUT2D eigenvalue weighted by Crippen LogP contribution is -2.50. The van der Waals surface area contributed by atoms with Crippen LogP contribution in [0, 0.1) is 0 Å². The molecule has 0 aliphatic carbocycles. The molecule has 9 heteroatoms. The van der Waals surface area contributed by atoms with E-state index in [0.29, 0.717) is 60.9 Å². The topological polar surface area (TPSA) is 108 Å². The van der Waals surface area contributed by atoms with Crippen LogP contribution in [0.1, 0.15) is 38.0 Å². The summed E-state index contributed by atoms with van der Waals surface area (Å²) in [7, 11) is 0. The van der Waals surface area contributed by atoms with Crippen molar-refractivity contribution < 1.29 is 23.9 Å². The number of piperazine rings is 1. The van der Waals surface area contributed by atoms with Gasteiger partial charge in [-0.15, -0.1) is 0 Å². The van der Waals surface area contributed by atoms with Crippen molar-refractivity contribution in [2.75, 3.05) is 43.4 Å². The first kappa shape index (κ1) is 25.4. The Bertz CT molecular complexity index is 1290. The zero-order valence-corrected chi connectivity index (χ0v) is 20.5. The molecule has 3 aromatic rings. The molecule has 9 nitrogen and oxygen atoms in total. The average Bonchev–Trinajstić information content (AvgIpc) is 2.94. The maximum atomic E-state index is 13.2.